The average Bonchev–Trinajstić information content (AvgIpc) is 2.90. The van der Waals surface area contributed by atoms with Gasteiger partial charge in [0.25, 0.3) is 10.0 Å². The van der Waals surface area contributed by atoms with E-state index in [0.717, 1.165) is 17.4 Å². The molecule has 8 heteroatoms. The van der Waals surface area contributed by atoms with Crippen molar-refractivity contribution in [1.29, 1.82) is 10.5 Å². The van der Waals surface area contributed by atoms with Gasteiger partial charge in [0.2, 0.25) is 0 Å². The van der Waals surface area contributed by atoms with E-state index < -0.39 is 15.8 Å². The van der Waals surface area contributed by atoms with Gasteiger partial charge in [0, 0.05) is 0 Å². The molecule has 0 spiro atoms. The van der Waals surface area contributed by atoms with E-state index in [1.165, 1.54) is 24.3 Å². The molecule has 0 amide bonds. The van der Waals surface area contributed by atoms with Crippen molar-refractivity contribution in [3.8, 4) is 12.1 Å². The second kappa shape index (κ2) is 5.29. The largest absolute Gasteiger partial charge is 0.276 e. The molecule has 0 fully saturated rings. The zero-order chi connectivity index (χ0) is 14.8. The maximum Gasteiger partial charge on any atom is 0.271 e. The lowest BCUT2D eigenvalue weighted by Gasteiger charge is -2.07. The van der Waals surface area contributed by atoms with Gasteiger partial charge in [-0.15, -0.1) is 11.3 Å². The number of sulfonamides is 1. The summed E-state index contributed by atoms with van der Waals surface area (Å²) in [6.07, 6.45) is 0. The van der Waals surface area contributed by atoms with Gasteiger partial charge >= 0.3 is 0 Å². The SMILES string of the molecule is N#Cc1ccc(NS(=O)(=O)c2ccc(C#N)s2)c(F)c1. The molecular weight excluding hydrogens is 301 g/mol. The van der Waals surface area contributed by atoms with E-state index >= 15 is 0 Å². The zero-order valence-corrected chi connectivity index (χ0v) is 11.4. The first-order valence-electron chi connectivity index (χ1n) is 5.18. The van der Waals surface area contributed by atoms with Gasteiger partial charge < -0.3 is 0 Å². The number of benzene rings is 1. The van der Waals surface area contributed by atoms with Crippen molar-refractivity contribution < 1.29 is 12.8 Å². The molecule has 100 valence electrons. The third-order valence-corrected chi connectivity index (χ3v) is 5.15. The minimum absolute atomic E-state index is 0.0854. The van der Waals surface area contributed by atoms with Crippen molar-refractivity contribution in [2.45, 2.75) is 4.21 Å². The topological polar surface area (TPSA) is 93.8 Å². The van der Waals surface area contributed by atoms with Crippen LogP contribution in [-0.4, -0.2) is 8.42 Å². The minimum atomic E-state index is -3.95. The summed E-state index contributed by atoms with van der Waals surface area (Å²) in [4.78, 5) is 0.241. The second-order valence-electron chi connectivity index (χ2n) is 3.64. The summed E-state index contributed by atoms with van der Waals surface area (Å²) >= 11 is 0.786. The Balaban J connectivity index is 2.34. The van der Waals surface area contributed by atoms with Crippen LogP contribution in [0.4, 0.5) is 10.1 Å². The highest BCUT2D eigenvalue weighted by atomic mass is 32.2. The lowest BCUT2D eigenvalue weighted by Crippen LogP contribution is -2.12. The van der Waals surface area contributed by atoms with Crippen molar-refractivity contribution >= 4 is 27.0 Å². The molecule has 5 nitrogen and oxygen atoms in total. The Morgan fingerprint density at radius 3 is 2.45 bits per heavy atom. The highest BCUT2D eigenvalue weighted by Gasteiger charge is 2.18. The predicted octanol–water partition coefficient (Wildman–Crippen LogP) is 2.43. The molecule has 1 aromatic carbocycles. The molecule has 20 heavy (non-hydrogen) atoms. The van der Waals surface area contributed by atoms with Gasteiger partial charge in [0.1, 0.15) is 21.0 Å². The van der Waals surface area contributed by atoms with Crippen molar-refractivity contribution in [3.63, 3.8) is 0 Å². The number of anilines is 1. The maximum atomic E-state index is 13.6. The molecule has 1 N–H and O–H groups in total. The van der Waals surface area contributed by atoms with Gasteiger partial charge in [-0.1, -0.05) is 0 Å². The molecule has 0 aliphatic heterocycles. The van der Waals surface area contributed by atoms with Gasteiger partial charge in [0.15, 0.2) is 0 Å². The van der Waals surface area contributed by atoms with E-state index in [1.807, 2.05) is 6.07 Å². The smallest absolute Gasteiger partial charge is 0.271 e. The van der Waals surface area contributed by atoms with E-state index in [9.17, 15) is 12.8 Å². The highest BCUT2D eigenvalue weighted by Crippen LogP contribution is 2.25. The Morgan fingerprint density at radius 2 is 1.90 bits per heavy atom. The van der Waals surface area contributed by atoms with Gasteiger partial charge in [-0.3, -0.25) is 4.72 Å². The van der Waals surface area contributed by atoms with Crippen LogP contribution in [0.15, 0.2) is 34.5 Å². The molecular formula is C12H6FN3O2S2. The fourth-order valence-electron chi connectivity index (χ4n) is 1.39. The summed E-state index contributed by atoms with van der Waals surface area (Å²) in [5.41, 5.74) is -0.163. The van der Waals surface area contributed by atoms with Crippen LogP contribution in [0.25, 0.3) is 0 Å². The lowest BCUT2D eigenvalue weighted by atomic mass is 10.2. The first-order chi connectivity index (χ1) is 9.46. The summed E-state index contributed by atoms with van der Waals surface area (Å²) in [6, 6.07) is 9.63. The van der Waals surface area contributed by atoms with E-state index in [4.69, 9.17) is 10.5 Å². The third-order valence-electron chi connectivity index (χ3n) is 2.30. The molecule has 0 aliphatic carbocycles. The van der Waals surface area contributed by atoms with Gasteiger partial charge in [-0.05, 0) is 30.3 Å². The van der Waals surface area contributed by atoms with Crippen LogP contribution in [0.5, 0.6) is 0 Å². The predicted molar refractivity (Wildman–Crippen MR) is 71.0 cm³/mol. The first-order valence-corrected chi connectivity index (χ1v) is 7.48. The standard InChI is InChI=1S/C12H6FN3O2S2/c13-10-5-8(6-14)1-3-11(10)16-20(17,18)12-4-2-9(7-15)19-12/h1-5,16H. The molecule has 0 saturated heterocycles. The summed E-state index contributed by atoms with van der Waals surface area (Å²) in [6.45, 7) is 0. The number of nitrogens with zero attached hydrogens (tertiary/aromatic N) is 2. The Kier molecular flexibility index (Phi) is 3.70. The van der Waals surface area contributed by atoms with Crippen LogP contribution in [-0.2, 0) is 10.0 Å². The first kappa shape index (κ1) is 14.0. The van der Waals surface area contributed by atoms with Gasteiger partial charge in [-0.25, -0.2) is 12.8 Å². The van der Waals surface area contributed by atoms with Crippen LogP contribution in [0.1, 0.15) is 10.4 Å². The fourth-order valence-corrected chi connectivity index (χ4v) is 3.56. The van der Waals surface area contributed by atoms with Crippen LogP contribution in [0.2, 0.25) is 0 Å². The van der Waals surface area contributed by atoms with Crippen LogP contribution in [0, 0.1) is 28.5 Å². The van der Waals surface area contributed by atoms with Crippen LogP contribution >= 0.6 is 11.3 Å². The molecule has 2 rings (SSSR count). The highest BCUT2D eigenvalue weighted by molar-refractivity contribution is 7.94. The Labute approximate surface area is 118 Å². The molecule has 1 aromatic heterocycles. The van der Waals surface area contributed by atoms with Crippen LogP contribution in [0.3, 0.4) is 0 Å². The van der Waals surface area contributed by atoms with Crippen molar-refractivity contribution in [3.05, 3.63) is 46.6 Å². The summed E-state index contributed by atoms with van der Waals surface area (Å²) in [5.74, 6) is -0.843. The minimum Gasteiger partial charge on any atom is -0.276 e. The van der Waals surface area contributed by atoms with Crippen LogP contribution < -0.4 is 4.72 Å². The number of hydrogen-bond donors (Lipinski definition) is 1. The number of nitrogens with one attached hydrogen (secondary N) is 1. The normalized spacial score (nSPS) is 10.6. The summed E-state index contributed by atoms with van der Waals surface area (Å²) in [5, 5.41) is 17.3. The van der Waals surface area contributed by atoms with E-state index in [2.05, 4.69) is 4.72 Å². The van der Waals surface area contributed by atoms with E-state index in [0.29, 0.717) is 0 Å². The molecule has 0 radical (unpaired) electrons. The number of thiophene rings is 1. The van der Waals surface area contributed by atoms with E-state index in [-0.39, 0.29) is 20.3 Å². The van der Waals surface area contributed by atoms with E-state index in [1.54, 1.807) is 6.07 Å². The molecule has 0 unspecified atom stereocenters. The second-order valence-corrected chi connectivity index (χ2v) is 6.64. The number of nitriles is 2. The molecule has 0 bridgehead atoms. The van der Waals surface area contributed by atoms with Crippen molar-refractivity contribution in [1.82, 2.24) is 0 Å². The Morgan fingerprint density at radius 1 is 1.15 bits per heavy atom. The number of halogens is 1. The quantitative estimate of drug-likeness (QED) is 0.942. The molecule has 0 atom stereocenters. The average molecular weight is 307 g/mol. The third kappa shape index (κ3) is 2.77. The zero-order valence-electron chi connectivity index (χ0n) is 9.79. The molecule has 1 heterocycles. The monoisotopic (exact) mass is 307 g/mol. The Hall–Kier alpha value is -2.42. The summed E-state index contributed by atoms with van der Waals surface area (Å²) in [7, 11) is -3.95. The number of hydrogen-bond acceptors (Lipinski definition) is 5. The van der Waals surface area contributed by atoms with Crippen molar-refractivity contribution in [2.24, 2.45) is 0 Å². The van der Waals surface area contributed by atoms with Gasteiger partial charge in [0.05, 0.1) is 17.3 Å². The lowest BCUT2D eigenvalue weighted by molar-refractivity contribution is 0.600. The summed E-state index contributed by atoms with van der Waals surface area (Å²) < 4.78 is 39.6. The van der Waals surface area contributed by atoms with Crippen molar-refractivity contribution in [2.75, 3.05) is 4.72 Å². The molecule has 2 aromatic rings. The Bertz CT molecular complexity index is 844. The molecule has 0 aliphatic rings. The maximum absolute atomic E-state index is 13.6. The number of rotatable bonds is 3. The fraction of sp³-hybridized carbons (Fsp3) is 0. The molecule has 0 saturated carbocycles. The van der Waals surface area contributed by atoms with Gasteiger partial charge in [-0.2, -0.15) is 10.5 Å².